The molecule has 0 atom stereocenters. The molecule has 0 spiro atoms. The normalized spacial score (nSPS) is 12.9. The van der Waals surface area contributed by atoms with Crippen LogP contribution in [0.5, 0.6) is 5.75 Å². The first-order chi connectivity index (χ1) is 14.1. The number of imide groups is 1. The van der Waals surface area contributed by atoms with Gasteiger partial charge in [-0.3, -0.25) is 23.9 Å². The molecule has 1 aliphatic heterocycles. The van der Waals surface area contributed by atoms with Gasteiger partial charge in [0.2, 0.25) is 0 Å². The highest BCUT2D eigenvalue weighted by molar-refractivity contribution is 6.21. The second kappa shape index (κ2) is 7.63. The largest absolute Gasteiger partial charge is 0.491 e. The van der Waals surface area contributed by atoms with Gasteiger partial charge in [0.1, 0.15) is 5.75 Å². The van der Waals surface area contributed by atoms with Crippen LogP contribution in [0.4, 0.5) is 5.69 Å². The zero-order valence-electron chi connectivity index (χ0n) is 15.6. The van der Waals surface area contributed by atoms with Crippen LogP contribution in [0.3, 0.4) is 0 Å². The number of anilines is 1. The van der Waals surface area contributed by atoms with E-state index in [4.69, 9.17) is 10.5 Å². The van der Waals surface area contributed by atoms with E-state index >= 15 is 0 Å². The summed E-state index contributed by atoms with van der Waals surface area (Å²) < 4.78 is 7.25. The van der Waals surface area contributed by atoms with Gasteiger partial charge in [-0.05, 0) is 36.8 Å². The molecule has 2 amide bonds. The molecule has 146 valence electrons. The van der Waals surface area contributed by atoms with Crippen molar-refractivity contribution in [3.05, 3.63) is 88.3 Å². The molecular formula is C22H19N3O4. The van der Waals surface area contributed by atoms with E-state index in [0.29, 0.717) is 34.7 Å². The Hall–Kier alpha value is -3.87. The number of fused-ring (bicyclic) bond motifs is 1. The fourth-order valence-electron chi connectivity index (χ4n) is 3.29. The number of benzene rings is 2. The zero-order chi connectivity index (χ0) is 20.4. The highest BCUT2D eigenvalue weighted by atomic mass is 16.5. The van der Waals surface area contributed by atoms with Gasteiger partial charge in [0.15, 0.2) is 0 Å². The predicted molar refractivity (Wildman–Crippen MR) is 108 cm³/mol. The molecule has 0 radical (unpaired) electrons. The van der Waals surface area contributed by atoms with E-state index in [1.54, 1.807) is 60.8 Å². The number of nitrogens with two attached hydrogens (primary N) is 1. The Morgan fingerprint density at radius 1 is 0.862 bits per heavy atom. The first kappa shape index (κ1) is 18.5. The number of hydrogen-bond donors (Lipinski definition) is 1. The van der Waals surface area contributed by atoms with E-state index in [0.717, 1.165) is 0 Å². The molecule has 0 aliphatic carbocycles. The molecular weight excluding hydrogens is 370 g/mol. The lowest BCUT2D eigenvalue weighted by Crippen LogP contribution is -2.31. The second-order valence-electron chi connectivity index (χ2n) is 6.64. The van der Waals surface area contributed by atoms with Crippen molar-refractivity contribution in [2.24, 2.45) is 0 Å². The maximum Gasteiger partial charge on any atom is 0.261 e. The first-order valence-corrected chi connectivity index (χ1v) is 9.22. The van der Waals surface area contributed by atoms with Crippen molar-refractivity contribution in [2.45, 2.75) is 6.42 Å². The summed E-state index contributed by atoms with van der Waals surface area (Å²) in [7, 11) is 0. The summed E-state index contributed by atoms with van der Waals surface area (Å²) in [5.41, 5.74) is 7.77. The molecule has 29 heavy (non-hydrogen) atoms. The quantitative estimate of drug-likeness (QED) is 0.397. The topological polar surface area (TPSA) is 94.6 Å². The van der Waals surface area contributed by atoms with Gasteiger partial charge in [0.25, 0.3) is 17.4 Å². The SMILES string of the molecule is Nc1ccc(-n2ccccc2=O)cc1OCCCN1C(=O)c2ccccc2C1=O. The Morgan fingerprint density at radius 3 is 2.24 bits per heavy atom. The highest BCUT2D eigenvalue weighted by Crippen LogP contribution is 2.25. The van der Waals surface area contributed by atoms with Gasteiger partial charge in [-0.2, -0.15) is 0 Å². The summed E-state index contributed by atoms with van der Waals surface area (Å²) in [5.74, 6) is -0.119. The van der Waals surface area contributed by atoms with Gasteiger partial charge in [-0.1, -0.05) is 18.2 Å². The minimum Gasteiger partial charge on any atom is -0.491 e. The summed E-state index contributed by atoms with van der Waals surface area (Å²) in [4.78, 5) is 38.0. The van der Waals surface area contributed by atoms with Crippen LogP contribution in [0.2, 0.25) is 0 Å². The Bertz CT molecular complexity index is 1120. The summed E-state index contributed by atoms with van der Waals surface area (Å²) in [5, 5.41) is 0. The van der Waals surface area contributed by atoms with Crippen molar-refractivity contribution < 1.29 is 14.3 Å². The van der Waals surface area contributed by atoms with E-state index in [1.807, 2.05) is 0 Å². The molecule has 0 saturated heterocycles. The van der Waals surface area contributed by atoms with Crippen LogP contribution < -0.4 is 16.0 Å². The number of nitrogens with zero attached hydrogens (tertiary/aromatic N) is 2. The molecule has 1 aliphatic rings. The molecule has 4 rings (SSSR count). The molecule has 0 saturated carbocycles. The van der Waals surface area contributed by atoms with Crippen LogP contribution in [-0.4, -0.2) is 34.4 Å². The lowest BCUT2D eigenvalue weighted by molar-refractivity contribution is 0.0647. The molecule has 3 aromatic rings. The average molecular weight is 389 g/mol. The van der Waals surface area contributed by atoms with Gasteiger partial charge in [-0.25, -0.2) is 0 Å². The number of nitrogen functional groups attached to an aromatic ring is 1. The number of pyridine rings is 1. The lowest BCUT2D eigenvalue weighted by Gasteiger charge is -2.15. The third-order valence-electron chi connectivity index (χ3n) is 4.76. The molecule has 0 bridgehead atoms. The molecule has 0 unspecified atom stereocenters. The Morgan fingerprint density at radius 2 is 1.55 bits per heavy atom. The third kappa shape index (κ3) is 3.50. The van der Waals surface area contributed by atoms with Crippen LogP contribution >= 0.6 is 0 Å². The van der Waals surface area contributed by atoms with Gasteiger partial charge < -0.3 is 10.5 Å². The van der Waals surface area contributed by atoms with Crippen molar-refractivity contribution in [3.8, 4) is 11.4 Å². The summed E-state index contributed by atoms with van der Waals surface area (Å²) in [6.07, 6.45) is 2.13. The smallest absolute Gasteiger partial charge is 0.261 e. The standard InChI is InChI=1S/C22H19N3O4/c23-18-10-9-15(24-11-4-3-8-20(24)26)14-19(18)29-13-5-12-25-21(27)16-6-1-2-7-17(16)22(25)28/h1-4,6-11,14H,5,12-13,23H2. The van der Waals surface area contributed by atoms with E-state index in [1.165, 1.54) is 15.5 Å². The lowest BCUT2D eigenvalue weighted by atomic mass is 10.1. The third-order valence-corrected chi connectivity index (χ3v) is 4.76. The monoisotopic (exact) mass is 389 g/mol. The van der Waals surface area contributed by atoms with E-state index in [-0.39, 0.29) is 30.5 Å². The maximum absolute atomic E-state index is 12.4. The summed E-state index contributed by atoms with van der Waals surface area (Å²) >= 11 is 0. The Balaban J connectivity index is 1.40. The molecule has 0 fully saturated rings. The number of aromatic nitrogens is 1. The average Bonchev–Trinajstić information content (AvgIpc) is 2.98. The number of amides is 2. The number of rotatable bonds is 6. The van der Waals surface area contributed by atoms with Crippen LogP contribution in [0, 0.1) is 0 Å². The van der Waals surface area contributed by atoms with Crippen molar-refractivity contribution in [2.75, 3.05) is 18.9 Å². The van der Waals surface area contributed by atoms with E-state index in [9.17, 15) is 14.4 Å². The van der Waals surface area contributed by atoms with Gasteiger partial charge >= 0.3 is 0 Å². The van der Waals surface area contributed by atoms with Crippen LogP contribution in [0.1, 0.15) is 27.1 Å². The van der Waals surface area contributed by atoms with E-state index in [2.05, 4.69) is 0 Å². The zero-order valence-corrected chi connectivity index (χ0v) is 15.6. The number of ether oxygens (including phenoxy) is 1. The molecule has 1 aromatic heterocycles. The van der Waals surface area contributed by atoms with Crippen molar-refractivity contribution in [1.82, 2.24) is 9.47 Å². The first-order valence-electron chi connectivity index (χ1n) is 9.22. The minimum absolute atomic E-state index is 0.158. The Kier molecular flexibility index (Phi) is 4.87. The summed E-state index contributed by atoms with van der Waals surface area (Å²) in [6, 6.07) is 16.8. The van der Waals surface area contributed by atoms with Crippen LogP contribution in [-0.2, 0) is 0 Å². The minimum atomic E-state index is -0.282. The predicted octanol–water partition coefficient (Wildman–Crippen LogP) is 2.48. The van der Waals surface area contributed by atoms with Crippen molar-refractivity contribution in [3.63, 3.8) is 0 Å². The van der Waals surface area contributed by atoms with Crippen molar-refractivity contribution >= 4 is 17.5 Å². The Labute approximate surface area is 166 Å². The van der Waals surface area contributed by atoms with Gasteiger partial charge in [0.05, 0.1) is 29.1 Å². The second-order valence-corrected chi connectivity index (χ2v) is 6.64. The fourth-order valence-corrected chi connectivity index (χ4v) is 3.29. The van der Waals surface area contributed by atoms with Crippen molar-refractivity contribution in [1.29, 1.82) is 0 Å². The molecule has 2 heterocycles. The molecule has 2 N–H and O–H groups in total. The van der Waals surface area contributed by atoms with Crippen LogP contribution in [0.15, 0.2) is 71.7 Å². The number of hydrogen-bond acceptors (Lipinski definition) is 5. The van der Waals surface area contributed by atoms with E-state index < -0.39 is 0 Å². The summed E-state index contributed by atoms with van der Waals surface area (Å²) in [6.45, 7) is 0.523. The maximum atomic E-state index is 12.4. The highest BCUT2D eigenvalue weighted by Gasteiger charge is 2.34. The van der Waals surface area contributed by atoms with Gasteiger partial charge in [-0.15, -0.1) is 0 Å². The number of carbonyl (C=O) groups is 2. The molecule has 7 heteroatoms. The number of carbonyl (C=O) groups excluding carboxylic acids is 2. The molecule has 7 nitrogen and oxygen atoms in total. The molecule has 2 aromatic carbocycles. The van der Waals surface area contributed by atoms with Gasteiger partial charge in [0, 0.05) is 24.9 Å². The van der Waals surface area contributed by atoms with Crippen LogP contribution in [0.25, 0.3) is 5.69 Å². The fraction of sp³-hybridized carbons (Fsp3) is 0.136.